The highest BCUT2D eigenvalue weighted by molar-refractivity contribution is 5.98. The van der Waals surface area contributed by atoms with Crippen LogP contribution in [0, 0.1) is 0 Å². The van der Waals surface area contributed by atoms with Crippen LogP contribution in [0.25, 0.3) is 11.3 Å². The molecule has 0 saturated carbocycles. The minimum absolute atomic E-state index is 0.240. The number of hydrogen-bond acceptors (Lipinski definition) is 3. The Labute approximate surface area is 122 Å². The molecule has 0 aliphatic carbocycles. The summed E-state index contributed by atoms with van der Waals surface area (Å²) in [5.41, 5.74) is 12.2. The van der Waals surface area contributed by atoms with Crippen molar-refractivity contribution in [2.75, 3.05) is 0 Å². The highest BCUT2D eigenvalue weighted by Gasteiger charge is 2.23. The van der Waals surface area contributed by atoms with Crippen LogP contribution in [0.1, 0.15) is 47.4 Å². The molecule has 0 saturated heterocycles. The van der Waals surface area contributed by atoms with Gasteiger partial charge in [0, 0.05) is 16.5 Å². The fourth-order valence-electron chi connectivity index (χ4n) is 1.91. The van der Waals surface area contributed by atoms with Gasteiger partial charge in [-0.15, -0.1) is 0 Å². The number of nitrogens with two attached hydrogens (primary N) is 2. The molecule has 0 atom stereocenters. The lowest BCUT2D eigenvalue weighted by Crippen LogP contribution is -2.15. The first-order valence-corrected chi connectivity index (χ1v) is 6.50. The fourth-order valence-corrected chi connectivity index (χ4v) is 1.91. The number of rotatable bonds is 3. The zero-order chi connectivity index (χ0) is 15.8. The largest absolute Gasteiger partial charge is 0.366 e. The van der Waals surface area contributed by atoms with Gasteiger partial charge < -0.3 is 16.5 Å². The molecule has 1 aromatic carbocycles. The van der Waals surface area contributed by atoms with Crippen molar-refractivity contribution in [1.82, 2.24) is 9.97 Å². The van der Waals surface area contributed by atoms with Gasteiger partial charge in [-0.25, -0.2) is 4.98 Å². The standard InChI is InChI=1S/C15H18N4O2/c1-15(2,3)14-18-10(11(19-14)13(17)21)8-4-6-9(7-5-8)12(16)20/h4-7H,1-3H3,(H2,16,20)(H2,17,21)(H,18,19). The van der Waals surface area contributed by atoms with Crippen molar-refractivity contribution >= 4 is 11.8 Å². The Kier molecular flexibility index (Phi) is 3.55. The molecule has 21 heavy (non-hydrogen) atoms. The number of benzene rings is 1. The van der Waals surface area contributed by atoms with E-state index in [1.807, 2.05) is 20.8 Å². The molecule has 6 nitrogen and oxygen atoms in total. The van der Waals surface area contributed by atoms with Gasteiger partial charge in [0.25, 0.3) is 5.91 Å². The van der Waals surface area contributed by atoms with Gasteiger partial charge in [0.15, 0.2) is 0 Å². The fraction of sp³-hybridized carbons (Fsp3) is 0.267. The van der Waals surface area contributed by atoms with E-state index in [0.29, 0.717) is 22.6 Å². The predicted molar refractivity (Wildman–Crippen MR) is 79.8 cm³/mol. The molecule has 1 aromatic heterocycles. The first-order chi connectivity index (χ1) is 9.70. The molecule has 0 fully saturated rings. The number of carbonyl (C=O) groups is 2. The number of amides is 2. The van der Waals surface area contributed by atoms with E-state index in [0.717, 1.165) is 0 Å². The number of carbonyl (C=O) groups excluding carboxylic acids is 2. The lowest BCUT2D eigenvalue weighted by Gasteiger charge is -2.13. The number of hydrogen-bond donors (Lipinski definition) is 3. The molecule has 0 spiro atoms. The molecule has 0 aliphatic rings. The summed E-state index contributed by atoms with van der Waals surface area (Å²) in [6, 6.07) is 6.56. The van der Waals surface area contributed by atoms with Gasteiger partial charge in [0.1, 0.15) is 17.2 Å². The van der Waals surface area contributed by atoms with E-state index >= 15 is 0 Å². The maximum Gasteiger partial charge on any atom is 0.267 e. The summed E-state index contributed by atoms with van der Waals surface area (Å²) in [7, 11) is 0. The van der Waals surface area contributed by atoms with Crippen LogP contribution < -0.4 is 11.5 Å². The van der Waals surface area contributed by atoms with Crippen LogP contribution in [-0.4, -0.2) is 21.8 Å². The number of primary amides is 2. The molecule has 2 amide bonds. The minimum Gasteiger partial charge on any atom is -0.366 e. The smallest absolute Gasteiger partial charge is 0.267 e. The van der Waals surface area contributed by atoms with Gasteiger partial charge >= 0.3 is 0 Å². The Morgan fingerprint density at radius 3 is 2.05 bits per heavy atom. The highest BCUT2D eigenvalue weighted by Crippen LogP contribution is 2.27. The zero-order valence-corrected chi connectivity index (χ0v) is 12.2. The molecule has 0 radical (unpaired) electrons. The van der Waals surface area contributed by atoms with Crippen molar-refractivity contribution in [3.63, 3.8) is 0 Å². The van der Waals surface area contributed by atoms with E-state index in [1.54, 1.807) is 24.3 Å². The molecule has 0 unspecified atom stereocenters. The third-order valence-electron chi connectivity index (χ3n) is 3.10. The Balaban J connectivity index is 2.54. The van der Waals surface area contributed by atoms with E-state index in [-0.39, 0.29) is 11.1 Å². The van der Waals surface area contributed by atoms with Gasteiger partial charge in [0.2, 0.25) is 5.91 Å². The average Bonchev–Trinajstić information content (AvgIpc) is 2.83. The lowest BCUT2D eigenvalue weighted by atomic mass is 9.96. The number of imidazole rings is 1. The number of nitrogens with zero attached hydrogens (tertiary/aromatic N) is 1. The number of H-pyrrole nitrogens is 1. The molecule has 2 rings (SSSR count). The van der Waals surface area contributed by atoms with Crippen molar-refractivity contribution in [2.45, 2.75) is 26.2 Å². The van der Waals surface area contributed by atoms with Crippen LogP contribution in [0.4, 0.5) is 0 Å². The lowest BCUT2D eigenvalue weighted by molar-refractivity contribution is 0.0989. The molecule has 0 bridgehead atoms. The van der Waals surface area contributed by atoms with Crippen molar-refractivity contribution < 1.29 is 9.59 Å². The van der Waals surface area contributed by atoms with Crippen LogP contribution in [0.15, 0.2) is 24.3 Å². The average molecular weight is 286 g/mol. The molecule has 110 valence electrons. The van der Waals surface area contributed by atoms with E-state index in [2.05, 4.69) is 9.97 Å². The van der Waals surface area contributed by atoms with E-state index in [1.165, 1.54) is 0 Å². The van der Waals surface area contributed by atoms with Gasteiger partial charge in [0.05, 0.1) is 0 Å². The Morgan fingerprint density at radius 1 is 1.05 bits per heavy atom. The molecular formula is C15H18N4O2. The summed E-state index contributed by atoms with van der Waals surface area (Å²) in [5, 5.41) is 0. The minimum atomic E-state index is -0.577. The van der Waals surface area contributed by atoms with Crippen molar-refractivity contribution in [1.29, 1.82) is 0 Å². The van der Waals surface area contributed by atoms with Crippen LogP contribution in [0.5, 0.6) is 0 Å². The summed E-state index contributed by atoms with van der Waals surface area (Å²) >= 11 is 0. The molecule has 0 aliphatic heterocycles. The monoisotopic (exact) mass is 286 g/mol. The van der Waals surface area contributed by atoms with Crippen LogP contribution in [0.2, 0.25) is 0 Å². The molecule has 5 N–H and O–H groups in total. The van der Waals surface area contributed by atoms with Gasteiger partial charge in [-0.3, -0.25) is 9.59 Å². The van der Waals surface area contributed by atoms with Gasteiger partial charge in [-0.1, -0.05) is 32.9 Å². The maximum atomic E-state index is 11.6. The van der Waals surface area contributed by atoms with E-state index in [4.69, 9.17) is 11.5 Å². The third-order valence-corrected chi connectivity index (χ3v) is 3.10. The summed E-state index contributed by atoms with van der Waals surface area (Å²) < 4.78 is 0. The van der Waals surface area contributed by atoms with E-state index in [9.17, 15) is 9.59 Å². The Bertz CT molecular complexity index is 693. The zero-order valence-electron chi connectivity index (χ0n) is 12.2. The van der Waals surface area contributed by atoms with Crippen molar-refractivity contribution in [2.24, 2.45) is 11.5 Å². The Hall–Kier alpha value is -2.63. The maximum absolute atomic E-state index is 11.6. The summed E-state index contributed by atoms with van der Waals surface area (Å²) in [4.78, 5) is 30.1. The second-order valence-electron chi connectivity index (χ2n) is 5.86. The van der Waals surface area contributed by atoms with Gasteiger partial charge in [-0.05, 0) is 12.1 Å². The Morgan fingerprint density at radius 2 is 1.62 bits per heavy atom. The SMILES string of the molecule is CC(C)(C)c1nc(-c2ccc(C(N)=O)cc2)c(C(N)=O)[nH]1. The topological polar surface area (TPSA) is 115 Å². The predicted octanol–water partition coefficient (Wildman–Crippen LogP) is 1.57. The highest BCUT2D eigenvalue weighted by atomic mass is 16.1. The summed E-state index contributed by atoms with van der Waals surface area (Å²) in [5.74, 6) is -0.411. The van der Waals surface area contributed by atoms with Crippen molar-refractivity contribution in [3.05, 3.63) is 41.3 Å². The molecular weight excluding hydrogens is 268 g/mol. The number of aromatic nitrogens is 2. The second-order valence-corrected chi connectivity index (χ2v) is 5.86. The van der Waals surface area contributed by atoms with Crippen molar-refractivity contribution in [3.8, 4) is 11.3 Å². The summed E-state index contributed by atoms with van der Waals surface area (Å²) in [6.07, 6.45) is 0. The van der Waals surface area contributed by atoms with Crippen LogP contribution in [0.3, 0.4) is 0 Å². The third kappa shape index (κ3) is 2.94. The summed E-state index contributed by atoms with van der Waals surface area (Å²) in [6.45, 7) is 5.95. The first-order valence-electron chi connectivity index (χ1n) is 6.50. The molecule has 1 heterocycles. The van der Waals surface area contributed by atoms with E-state index < -0.39 is 11.8 Å². The second kappa shape index (κ2) is 5.05. The number of aromatic amines is 1. The van der Waals surface area contributed by atoms with Crippen LogP contribution >= 0.6 is 0 Å². The van der Waals surface area contributed by atoms with Gasteiger partial charge in [-0.2, -0.15) is 0 Å². The molecule has 2 aromatic rings. The molecule has 6 heteroatoms. The quantitative estimate of drug-likeness (QED) is 0.795. The number of nitrogens with one attached hydrogen (secondary N) is 1. The van der Waals surface area contributed by atoms with Crippen LogP contribution in [-0.2, 0) is 5.41 Å². The first kappa shape index (κ1) is 14.8. The normalized spacial score (nSPS) is 11.4.